The van der Waals surface area contributed by atoms with Gasteiger partial charge in [-0.25, -0.2) is 9.18 Å². The largest absolute Gasteiger partial charge is 0.442 e. The second kappa shape index (κ2) is 10.4. The Hall–Kier alpha value is -2.59. The number of rotatable bonds is 8. The fourth-order valence-electron chi connectivity index (χ4n) is 3.75. The lowest BCUT2D eigenvalue weighted by Crippen LogP contribution is -2.36. The number of cyclic esters (lactones) is 1. The fraction of sp³-hybridized carbons (Fsp3) is 0.409. The second-order valence-electron chi connectivity index (χ2n) is 7.53. The van der Waals surface area contributed by atoms with Gasteiger partial charge in [-0.15, -0.1) is 11.3 Å². The minimum atomic E-state index is -0.560. The Morgan fingerprint density at radius 3 is 2.72 bits per heavy atom. The molecule has 4 rings (SSSR count). The van der Waals surface area contributed by atoms with Crippen LogP contribution in [-0.4, -0.2) is 61.6 Å². The first-order valence-electron chi connectivity index (χ1n) is 10.5. The molecule has 2 saturated heterocycles. The summed E-state index contributed by atoms with van der Waals surface area (Å²) < 4.78 is 20.1. The lowest BCUT2D eigenvalue weighted by molar-refractivity contribution is -0.121. The molecule has 0 aliphatic carbocycles. The number of carbonyl (C=O) groups is 3. The average molecular weight is 478 g/mol. The zero-order valence-electron chi connectivity index (χ0n) is 17.4. The molecule has 10 heteroatoms. The number of hydrogen-bond donors (Lipinski definition) is 1. The molecule has 2 fully saturated rings. The van der Waals surface area contributed by atoms with Crippen molar-refractivity contribution in [3.8, 4) is 0 Å². The summed E-state index contributed by atoms with van der Waals surface area (Å²) in [4.78, 5) is 40.7. The van der Waals surface area contributed by atoms with Crippen molar-refractivity contribution in [2.45, 2.75) is 18.9 Å². The number of amides is 2. The van der Waals surface area contributed by atoms with Crippen LogP contribution in [0.4, 0.5) is 20.6 Å². The quantitative estimate of drug-likeness (QED) is 0.586. The molecule has 2 aliphatic rings. The topological polar surface area (TPSA) is 79.0 Å². The zero-order valence-corrected chi connectivity index (χ0v) is 19.1. The number of halogens is 1. The number of thioether (sulfide) groups is 1. The van der Waals surface area contributed by atoms with E-state index in [0.717, 1.165) is 11.5 Å². The molecular weight excluding hydrogens is 453 g/mol. The van der Waals surface area contributed by atoms with Crippen LogP contribution in [0.1, 0.15) is 22.5 Å². The third kappa shape index (κ3) is 5.24. The highest BCUT2D eigenvalue weighted by Gasteiger charge is 2.35. The predicted octanol–water partition coefficient (Wildman–Crippen LogP) is 3.54. The van der Waals surface area contributed by atoms with Crippen LogP contribution in [0.25, 0.3) is 0 Å². The predicted molar refractivity (Wildman–Crippen MR) is 124 cm³/mol. The van der Waals surface area contributed by atoms with Gasteiger partial charge in [0, 0.05) is 37.4 Å². The van der Waals surface area contributed by atoms with Gasteiger partial charge in [0.25, 0.3) is 0 Å². The maximum Gasteiger partial charge on any atom is 0.414 e. The average Bonchev–Trinajstić information content (AvgIpc) is 3.46. The molecule has 1 atom stereocenters. The van der Waals surface area contributed by atoms with E-state index in [9.17, 15) is 18.8 Å². The summed E-state index contributed by atoms with van der Waals surface area (Å²) in [5.41, 5.74) is 0.902. The number of carbonyl (C=O) groups excluding carboxylic acids is 3. The van der Waals surface area contributed by atoms with E-state index in [4.69, 9.17) is 4.74 Å². The summed E-state index contributed by atoms with van der Waals surface area (Å²) in [5, 5.41) is 4.55. The van der Waals surface area contributed by atoms with Crippen molar-refractivity contribution in [3.63, 3.8) is 0 Å². The second-order valence-corrected chi connectivity index (χ2v) is 9.70. The van der Waals surface area contributed by atoms with Crippen molar-refractivity contribution >= 4 is 52.3 Å². The number of ketones is 1. The number of hydrogen-bond acceptors (Lipinski definition) is 7. The Morgan fingerprint density at radius 2 is 1.97 bits per heavy atom. The summed E-state index contributed by atoms with van der Waals surface area (Å²) in [5.74, 6) is 1.10. The van der Waals surface area contributed by atoms with Crippen LogP contribution in [0.2, 0.25) is 0 Å². The number of nitrogens with one attached hydrogen (secondary N) is 1. The van der Waals surface area contributed by atoms with E-state index in [-0.39, 0.29) is 43.4 Å². The van der Waals surface area contributed by atoms with E-state index in [1.807, 2.05) is 22.0 Å². The Kier molecular flexibility index (Phi) is 7.31. The van der Waals surface area contributed by atoms with E-state index in [1.165, 1.54) is 22.3 Å². The van der Waals surface area contributed by atoms with E-state index in [0.29, 0.717) is 29.3 Å². The molecule has 2 aromatic rings. The molecule has 0 unspecified atom stereocenters. The van der Waals surface area contributed by atoms with Gasteiger partial charge in [-0.2, -0.15) is 11.8 Å². The van der Waals surface area contributed by atoms with Gasteiger partial charge in [0.15, 0.2) is 5.78 Å². The molecule has 0 spiro atoms. The highest BCUT2D eigenvalue weighted by molar-refractivity contribution is 7.99. The van der Waals surface area contributed by atoms with Gasteiger partial charge in [0.1, 0.15) is 11.9 Å². The van der Waals surface area contributed by atoms with E-state index < -0.39 is 12.2 Å². The summed E-state index contributed by atoms with van der Waals surface area (Å²) in [6.45, 7) is 1.78. The van der Waals surface area contributed by atoms with Crippen LogP contribution in [0.5, 0.6) is 0 Å². The van der Waals surface area contributed by atoms with Crippen LogP contribution in [0, 0.1) is 5.82 Å². The minimum absolute atomic E-state index is 0.0663. The van der Waals surface area contributed by atoms with Crippen LogP contribution < -0.4 is 15.1 Å². The lowest BCUT2D eigenvalue weighted by Gasteiger charge is -2.32. The number of para-hydroxylation sites is 1. The van der Waals surface area contributed by atoms with E-state index in [1.54, 1.807) is 24.3 Å². The fourth-order valence-corrected chi connectivity index (χ4v) is 5.35. The van der Waals surface area contributed by atoms with E-state index in [2.05, 4.69) is 5.32 Å². The number of Topliss-reactive ketones (excluding diaryl/α,β-unsaturated/α-hetero) is 1. The molecule has 2 amide bonds. The van der Waals surface area contributed by atoms with Gasteiger partial charge in [-0.1, -0.05) is 12.1 Å². The molecular formula is C22H24FN3O4S2. The maximum absolute atomic E-state index is 14.7. The maximum atomic E-state index is 14.7. The molecule has 1 aromatic carbocycles. The lowest BCUT2D eigenvalue weighted by atomic mass is 10.2. The summed E-state index contributed by atoms with van der Waals surface area (Å²) in [7, 11) is 0. The molecule has 3 heterocycles. The van der Waals surface area contributed by atoms with Crippen LogP contribution >= 0.6 is 23.1 Å². The Labute approximate surface area is 193 Å². The zero-order chi connectivity index (χ0) is 22.5. The number of benzene rings is 1. The molecule has 1 N–H and O–H groups in total. The number of anilines is 2. The third-order valence-corrected chi connectivity index (χ3v) is 7.21. The van der Waals surface area contributed by atoms with Gasteiger partial charge in [-0.3, -0.25) is 14.5 Å². The first kappa shape index (κ1) is 22.6. The molecule has 32 heavy (non-hydrogen) atoms. The molecule has 0 radical (unpaired) electrons. The highest BCUT2D eigenvalue weighted by Crippen LogP contribution is 2.35. The Morgan fingerprint density at radius 1 is 1.16 bits per heavy atom. The number of nitrogens with zero attached hydrogens (tertiary/aromatic N) is 2. The molecule has 7 nitrogen and oxygen atoms in total. The van der Waals surface area contributed by atoms with Crippen LogP contribution in [-0.2, 0) is 9.53 Å². The molecule has 2 aliphatic heterocycles. The standard InChI is InChI=1S/C22H24FN3O4S2/c23-16-3-1-4-17(21(16)25-8-11-31-12-9-25)26-14-15(30-22(26)29)13-24-20(28)7-6-18(27)19-5-2-10-32-19/h1-5,10,15H,6-9,11-14H2,(H,24,28)/t15-/m0/s1. The molecule has 0 saturated carbocycles. The number of thiophene rings is 1. The highest BCUT2D eigenvalue weighted by atomic mass is 32.2. The Balaban J connectivity index is 1.33. The van der Waals surface area contributed by atoms with Gasteiger partial charge in [0.05, 0.1) is 29.3 Å². The van der Waals surface area contributed by atoms with Crippen LogP contribution in [0.15, 0.2) is 35.7 Å². The SMILES string of the molecule is O=C(CCC(=O)c1cccs1)NC[C@H]1CN(c2cccc(F)c2N2CCSCC2)C(=O)O1. The van der Waals surface area contributed by atoms with Crippen molar-refractivity contribution in [3.05, 3.63) is 46.4 Å². The monoisotopic (exact) mass is 477 g/mol. The van der Waals surface area contributed by atoms with Crippen molar-refractivity contribution < 1.29 is 23.5 Å². The van der Waals surface area contributed by atoms with Gasteiger partial charge in [-0.05, 0) is 23.6 Å². The van der Waals surface area contributed by atoms with Gasteiger partial charge >= 0.3 is 6.09 Å². The van der Waals surface area contributed by atoms with Gasteiger partial charge < -0.3 is 15.0 Å². The summed E-state index contributed by atoms with van der Waals surface area (Å²) >= 11 is 3.17. The molecule has 0 bridgehead atoms. The smallest absolute Gasteiger partial charge is 0.414 e. The van der Waals surface area contributed by atoms with Crippen molar-refractivity contribution in [2.24, 2.45) is 0 Å². The number of ether oxygens (including phenoxy) is 1. The van der Waals surface area contributed by atoms with Crippen molar-refractivity contribution in [2.75, 3.05) is 47.5 Å². The molecule has 1 aromatic heterocycles. The normalized spacial score (nSPS) is 18.5. The summed E-state index contributed by atoms with van der Waals surface area (Å²) in [6, 6.07) is 8.24. The van der Waals surface area contributed by atoms with Crippen molar-refractivity contribution in [1.29, 1.82) is 0 Å². The van der Waals surface area contributed by atoms with Gasteiger partial charge in [0.2, 0.25) is 5.91 Å². The first-order chi connectivity index (χ1) is 15.5. The van der Waals surface area contributed by atoms with Crippen molar-refractivity contribution in [1.82, 2.24) is 5.32 Å². The summed E-state index contributed by atoms with van der Waals surface area (Å²) in [6.07, 6.45) is -0.908. The first-order valence-corrected chi connectivity index (χ1v) is 12.5. The molecule has 170 valence electrons. The third-order valence-electron chi connectivity index (χ3n) is 5.36. The van der Waals surface area contributed by atoms with Crippen LogP contribution in [0.3, 0.4) is 0 Å². The Bertz CT molecular complexity index is 980. The van der Waals surface area contributed by atoms with E-state index >= 15 is 0 Å². The minimum Gasteiger partial charge on any atom is -0.442 e.